The first kappa shape index (κ1) is 14.3. The van der Waals surface area contributed by atoms with Crippen molar-refractivity contribution in [3.8, 4) is 0 Å². The molecule has 0 spiro atoms. The number of nitrogens with one attached hydrogen (secondary N) is 1. The number of anilines is 1. The van der Waals surface area contributed by atoms with Gasteiger partial charge in [0.15, 0.2) is 5.69 Å². The van der Waals surface area contributed by atoms with Gasteiger partial charge in [0.2, 0.25) is 5.95 Å². The van der Waals surface area contributed by atoms with Crippen molar-refractivity contribution >= 4 is 5.95 Å². The molecule has 2 heterocycles. The van der Waals surface area contributed by atoms with E-state index in [1.807, 2.05) is 6.92 Å². The third-order valence-corrected chi connectivity index (χ3v) is 2.66. The summed E-state index contributed by atoms with van der Waals surface area (Å²) in [4.78, 5) is 8.09. The second-order valence-corrected chi connectivity index (χ2v) is 4.40. The molecule has 0 aliphatic heterocycles. The predicted molar refractivity (Wildman–Crippen MR) is 67.2 cm³/mol. The van der Waals surface area contributed by atoms with E-state index in [2.05, 4.69) is 20.4 Å². The molecule has 2 aromatic heterocycles. The van der Waals surface area contributed by atoms with Crippen LogP contribution in [0.2, 0.25) is 0 Å². The van der Waals surface area contributed by atoms with Crippen molar-refractivity contribution in [3.05, 3.63) is 35.4 Å². The van der Waals surface area contributed by atoms with Gasteiger partial charge in [0, 0.05) is 24.6 Å². The molecule has 1 N–H and O–H groups in total. The van der Waals surface area contributed by atoms with Crippen molar-refractivity contribution in [2.75, 3.05) is 11.9 Å². The largest absolute Gasteiger partial charge is 0.435 e. The lowest BCUT2D eigenvalue weighted by atomic mass is 10.3. The SMILES string of the molecule is Cc1cnc(NCCn2nc(C(F)(F)F)cc2C)nc1. The van der Waals surface area contributed by atoms with Gasteiger partial charge in [-0.3, -0.25) is 4.68 Å². The summed E-state index contributed by atoms with van der Waals surface area (Å²) in [6.07, 6.45) is -1.09. The Morgan fingerprint density at radius 2 is 1.85 bits per heavy atom. The lowest BCUT2D eigenvalue weighted by Gasteiger charge is -2.06. The number of aromatic nitrogens is 4. The van der Waals surface area contributed by atoms with E-state index in [1.165, 1.54) is 4.68 Å². The van der Waals surface area contributed by atoms with Gasteiger partial charge in [0.1, 0.15) is 0 Å². The van der Waals surface area contributed by atoms with Crippen LogP contribution in [0.15, 0.2) is 18.5 Å². The number of halogens is 3. The van der Waals surface area contributed by atoms with E-state index >= 15 is 0 Å². The van der Waals surface area contributed by atoms with Gasteiger partial charge in [-0.15, -0.1) is 0 Å². The molecule has 2 rings (SSSR count). The van der Waals surface area contributed by atoms with E-state index in [0.29, 0.717) is 24.7 Å². The fourth-order valence-electron chi connectivity index (χ4n) is 1.63. The molecular weight excluding hydrogens is 271 g/mol. The fraction of sp³-hybridized carbons (Fsp3) is 0.417. The third-order valence-electron chi connectivity index (χ3n) is 2.66. The molecule has 2 aromatic rings. The Hall–Kier alpha value is -2.12. The summed E-state index contributed by atoms with van der Waals surface area (Å²) in [6.45, 7) is 4.15. The molecule has 8 heteroatoms. The highest BCUT2D eigenvalue weighted by molar-refractivity contribution is 5.24. The zero-order valence-corrected chi connectivity index (χ0v) is 11.1. The quantitative estimate of drug-likeness (QED) is 0.937. The highest BCUT2D eigenvalue weighted by Crippen LogP contribution is 2.28. The molecular formula is C12H14F3N5. The molecule has 0 aliphatic rings. The molecule has 0 unspecified atom stereocenters. The van der Waals surface area contributed by atoms with Crippen LogP contribution >= 0.6 is 0 Å². The molecule has 0 aromatic carbocycles. The van der Waals surface area contributed by atoms with Gasteiger partial charge < -0.3 is 5.32 Å². The van der Waals surface area contributed by atoms with Gasteiger partial charge in [0.25, 0.3) is 0 Å². The number of aryl methyl sites for hydroxylation is 2. The van der Waals surface area contributed by atoms with Crippen LogP contribution in [0.4, 0.5) is 19.1 Å². The zero-order valence-electron chi connectivity index (χ0n) is 11.1. The van der Waals surface area contributed by atoms with Crippen molar-refractivity contribution < 1.29 is 13.2 Å². The summed E-state index contributed by atoms with van der Waals surface area (Å²) in [6, 6.07) is 1.03. The summed E-state index contributed by atoms with van der Waals surface area (Å²) < 4.78 is 38.8. The minimum absolute atomic E-state index is 0.305. The van der Waals surface area contributed by atoms with Crippen LogP contribution in [0.5, 0.6) is 0 Å². The van der Waals surface area contributed by atoms with Crippen LogP contribution < -0.4 is 5.32 Å². The van der Waals surface area contributed by atoms with E-state index in [9.17, 15) is 13.2 Å². The molecule has 108 valence electrons. The smallest absolute Gasteiger partial charge is 0.352 e. The van der Waals surface area contributed by atoms with Crippen molar-refractivity contribution in [1.82, 2.24) is 19.7 Å². The number of hydrogen-bond acceptors (Lipinski definition) is 4. The number of rotatable bonds is 4. The van der Waals surface area contributed by atoms with Crippen molar-refractivity contribution in [1.29, 1.82) is 0 Å². The Morgan fingerprint density at radius 3 is 2.40 bits per heavy atom. The Kier molecular flexibility index (Phi) is 3.91. The molecule has 0 radical (unpaired) electrons. The van der Waals surface area contributed by atoms with Crippen LogP contribution in [-0.2, 0) is 12.7 Å². The standard InChI is InChI=1S/C12H14F3N5/c1-8-6-17-11(18-7-8)16-3-4-20-9(2)5-10(19-20)12(13,14)15/h5-7H,3-4H2,1-2H3,(H,16,17,18). The minimum Gasteiger partial charge on any atom is -0.352 e. The van der Waals surface area contributed by atoms with Crippen molar-refractivity contribution in [3.63, 3.8) is 0 Å². The fourth-order valence-corrected chi connectivity index (χ4v) is 1.63. The third kappa shape index (κ3) is 3.46. The maximum absolute atomic E-state index is 12.5. The van der Waals surface area contributed by atoms with Gasteiger partial charge in [-0.25, -0.2) is 9.97 Å². The minimum atomic E-state index is -4.41. The topological polar surface area (TPSA) is 55.6 Å². The second-order valence-electron chi connectivity index (χ2n) is 4.40. The Morgan fingerprint density at radius 1 is 1.20 bits per heavy atom. The van der Waals surface area contributed by atoms with Gasteiger partial charge in [0.05, 0.1) is 6.54 Å². The van der Waals surface area contributed by atoms with Crippen molar-refractivity contribution in [2.24, 2.45) is 0 Å². The molecule has 0 saturated carbocycles. The van der Waals surface area contributed by atoms with Crippen LogP contribution in [0.3, 0.4) is 0 Å². The zero-order chi connectivity index (χ0) is 14.8. The highest BCUT2D eigenvalue weighted by Gasteiger charge is 2.34. The molecule has 0 saturated heterocycles. The van der Waals surface area contributed by atoms with Gasteiger partial charge in [-0.2, -0.15) is 18.3 Å². The van der Waals surface area contributed by atoms with Crippen LogP contribution in [-0.4, -0.2) is 26.3 Å². The number of alkyl halides is 3. The lowest BCUT2D eigenvalue weighted by molar-refractivity contribution is -0.141. The van der Waals surface area contributed by atoms with Gasteiger partial charge in [-0.05, 0) is 25.5 Å². The normalized spacial score (nSPS) is 11.7. The average molecular weight is 285 g/mol. The maximum atomic E-state index is 12.5. The Bertz CT molecular complexity index is 574. The number of hydrogen-bond donors (Lipinski definition) is 1. The first-order valence-electron chi connectivity index (χ1n) is 6.00. The monoisotopic (exact) mass is 285 g/mol. The molecule has 0 fully saturated rings. The molecule has 20 heavy (non-hydrogen) atoms. The maximum Gasteiger partial charge on any atom is 0.435 e. The first-order valence-corrected chi connectivity index (χ1v) is 6.00. The van der Waals surface area contributed by atoms with Gasteiger partial charge >= 0.3 is 6.18 Å². The Labute approximate surface area is 113 Å². The van der Waals surface area contributed by atoms with Crippen molar-refractivity contribution in [2.45, 2.75) is 26.6 Å². The van der Waals surface area contributed by atoms with E-state index in [1.54, 1.807) is 19.3 Å². The molecule has 0 bridgehead atoms. The van der Waals surface area contributed by atoms with E-state index in [-0.39, 0.29) is 0 Å². The number of nitrogens with zero attached hydrogens (tertiary/aromatic N) is 4. The summed E-state index contributed by atoms with van der Waals surface area (Å²) in [5.74, 6) is 0.441. The lowest BCUT2D eigenvalue weighted by Crippen LogP contribution is -2.15. The predicted octanol–water partition coefficient (Wildman–Crippen LogP) is 2.42. The highest BCUT2D eigenvalue weighted by atomic mass is 19.4. The summed E-state index contributed by atoms with van der Waals surface area (Å²) in [7, 11) is 0. The molecule has 5 nitrogen and oxygen atoms in total. The molecule has 0 atom stereocenters. The average Bonchev–Trinajstić information content (AvgIpc) is 2.74. The van der Waals surface area contributed by atoms with Crippen LogP contribution in [0.25, 0.3) is 0 Å². The molecule has 0 aliphatic carbocycles. The van der Waals surface area contributed by atoms with Crippen LogP contribution in [0.1, 0.15) is 17.0 Å². The summed E-state index contributed by atoms with van der Waals surface area (Å²) in [5.41, 5.74) is 0.527. The Balaban J connectivity index is 1.94. The van der Waals surface area contributed by atoms with Crippen LogP contribution in [0, 0.1) is 13.8 Å². The van der Waals surface area contributed by atoms with E-state index in [4.69, 9.17) is 0 Å². The van der Waals surface area contributed by atoms with E-state index in [0.717, 1.165) is 11.6 Å². The summed E-state index contributed by atoms with van der Waals surface area (Å²) >= 11 is 0. The summed E-state index contributed by atoms with van der Waals surface area (Å²) in [5, 5.41) is 6.47. The van der Waals surface area contributed by atoms with Gasteiger partial charge in [-0.1, -0.05) is 0 Å². The van der Waals surface area contributed by atoms with E-state index < -0.39 is 11.9 Å². The second kappa shape index (κ2) is 5.48. The first-order chi connectivity index (χ1) is 9.36. The molecule has 0 amide bonds.